The summed E-state index contributed by atoms with van der Waals surface area (Å²) >= 11 is 0. The molecule has 1 aliphatic heterocycles. The van der Waals surface area contributed by atoms with Crippen LogP contribution in [0.5, 0.6) is 0 Å². The van der Waals surface area contributed by atoms with Gasteiger partial charge in [-0.1, -0.05) is 6.92 Å². The lowest BCUT2D eigenvalue weighted by atomic mass is 9.79. The van der Waals surface area contributed by atoms with Gasteiger partial charge >= 0.3 is 0 Å². The first-order chi connectivity index (χ1) is 8.24. The van der Waals surface area contributed by atoms with E-state index in [9.17, 15) is 0 Å². The molecule has 100 valence electrons. The van der Waals surface area contributed by atoms with Crippen LogP contribution in [0.25, 0.3) is 0 Å². The standard InChI is InChI=1S/C14H28N2O/c1-3-15-11-14(6-8-17-9-7-14)12-16(2)10-13-4-5-13/h13,15H,3-12H2,1-2H3. The fourth-order valence-electron chi connectivity index (χ4n) is 2.96. The zero-order valence-electron chi connectivity index (χ0n) is 11.5. The smallest absolute Gasteiger partial charge is 0.0472 e. The van der Waals surface area contributed by atoms with Gasteiger partial charge in [-0.2, -0.15) is 0 Å². The third kappa shape index (κ3) is 4.23. The van der Waals surface area contributed by atoms with Crippen molar-refractivity contribution in [1.29, 1.82) is 0 Å². The van der Waals surface area contributed by atoms with Crippen LogP contribution in [0.15, 0.2) is 0 Å². The first kappa shape index (κ1) is 13.3. The molecule has 17 heavy (non-hydrogen) atoms. The zero-order chi connectivity index (χ0) is 12.1. The summed E-state index contributed by atoms with van der Waals surface area (Å²) in [5.41, 5.74) is 0.456. The van der Waals surface area contributed by atoms with Crippen LogP contribution in [0.2, 0.25) is 0 Å². The van der Waals surface area contributed by atoms with Gasteiger partial charge in [-0.3, -0.25) is 0 Å². The predicted molar refractivity (Wildman–Crippen MR) is 71.3 cm³/mol. The van der Waals surface area contributed by atoms with Crippen molar-refractivity contribution in [2.75, 3.05) is 46.4 Å². The van der Waals surface area contributed by atoms with Crippen LogP contribution >= 0.6 is 0 Å². The lowest BCUT2D eigenvalue weighted by Gasteiger charge is -2.40. The minimum atomic E-state index is 0.456. The Morgan fingerprint density at radius 3 is 2.59 bits per heavy atom. The molecule has 3 heteroatoms. The molecule has 2 aliphatic rings. The second-order valence-corrected chi connectivity index (χ2v) is 6.03. The molecule has 1 saturated heterocycles. The molecule has 0 aromatic carbocycles. The van der Waals surface area contributed by atoms with Crippen LogP contribution in [0.1, 0.15) is 32.6 Å². The van der Waals surface area contributed by atoms with Gasteiger partial charge in [-0.05, 0) is 50.6 Å². The van der Waals surface area contributed by atoms with Crippen molar-refractivity contribution in [3.05, 3.63) is 0 Å². The molecular weight excluding hydrogens is 212 g/mol. The van der Waals surface area contributed by atoms with E-state index < -0.39 is 0 Å². The van der Waals surface area contributed by atoms with Crippen LogP contribution in [0.3, 0.4) is 0 Å². The fourth-order valence-corrected chi connectivity index (χ4v) is 2.96. The lowest BCUT2D eigenvalue weighted by molar-refractivity contribution is -0.000857. The molecule has 1 heterocycles. The Hall–Kier alpha value is -0.120. The van der Waals surface area contributed by atoms with Crippen molar-refractivity contribution in [2.45, 2.75) is 32.6 Å². The third-order valence-electron chi connectivity index (χ3n) is 4.18. The number of hydrogen-bond acceptors (Lipinski definition) is 3. The van der Waals surface area contributed by atoms with Crippen molar-refractivity contribution in [2.24, 2.45) is 11.3 Å². The molecule has 0 atom stereocenters. The average Bonchev–Trinajstić information content (AvgIpc) is 3.11. The molecule has 3 nitrogen and oxygen atoms in total. The van der Waals surface area contributed by atoms with Crippen molar-refractivity contribution in [3.63, 3.8) is 0 Å². The maximum Gasteiger partial charge on any atom is 0.0472 e. The molecule has 0 aromatic heterocycles. The van der Waals surface area contributed by atoms with Gasteiger partial charge in [0.2, 0.25) is 0 Å². The van der Waals surface area contributed by atoms with E-state index in [2.05, 4.69) is 24.2 Å². The van der Waals surface area contributed by atoms with E-state index in [1.165, 1.54) is 38.8 Å². The summed E-state index contributed by atoms with van der Waals surface area (Å²) in [4.78, 5) is 2.56. The Bertz CT molecular complexity index is 222. The predicted octanol–water partition coefficient (Wildman–Crippen LogP) is 1.73. The molecule has 0 unspecified atom stereocenters. The molecule has 0 bridgehead atoms. The molecule has 1 aliphatic carbocycles. The summed E-state index contributed by atoms with van der Waals surface area (Å²) in [5.74, 6) is 0.996. The van der Waals surface area contributed by atoms with Crippen LogP contribution in [0, 0.1) is 11.3 Å². The van der Waals surface area contributed by atoms with Gasteiger partial charge in [-0.15, -0.1) is 0 Å². The Labute approximate surface area is 106 Å². The number of nitrogens with one attached hydrogen (secondary N) is 1. The van der Waals surface area contributed by atoms with E-state index in [1.807, 2.05) is 0 Å². The number of nitrogens with zero attached hydrogens (tertiary/aromatic N) is 1. The first-order valence-corrected chi connectivity index (χ1v) is 7.21. The molecule has 0 amide bonds. The van der Waals surface area contributed by atoms with E-state index >= 15 is 0 Å². The average molecular weight is 240 g/mol. The molecule has 0 radical (unpaired) electrons. The second kappa shape index (κ2) is 6.17. The molecule has 1 N–H and O–H groups in total. The van der Waals surface area contributed by atoms with Gasteiger partial charge in [0.25, 0.3) is 0 Å². The van der Waals surface area contributed by atoms with Crippen molar-refractivity contribution in [3.8, 4) is 0 Å². The fraction of sp³-hybridized carbons (Fsp3) is 1.00. The number of ether oxygens (including phenoxy) is 1. The summed E-state index contributed by atoms with van der Waals surface area (Å²) in [7, 11) is 2.29. The Kier molecular flexibility index (Phi) is 4.83. The van der Waals surface area contributed by atoms with Gasteiger partial charge < -0.3 is 15.0 Å². The van der Waals surface area contributed by atoms with Crippen molar-refractivity contribution >= 4 is 0 Å². The topological polar surface area (TPSA) is 24.5 Å². The zero-order valence-corrected chi connectivity index (χ0v) is 11.5. The summed E-state index contributed by atoms with van der Waals surface area (Å²) in [5, 5.41) is 3.55. The minimum absolute atomic E-state index is 0.456. The van der Waals surface area contributed by atoms with E-state index in [1.54, 1.807) is 0 Å². The van der Waals surface area contributed by atoms with Gasteiger partial charge in [0.05, 0.1) is 0 Å². The van der Waals surface area contributed by atoms with E-state index in [0.717, 1.165) is 32.2 Å². The number of rotatable bonds is 7. The third-order valence-corrected chi connectivity index (χ3v) is 4.18. The summed E-state index contributed by atoms with van der Waals surface area (Å²) in [6.07, 6.45) is 5.34. The van der Waals surface area contributed by atoms with Crippen LogP contribution < -0.4 is 5.32 Å². The highest BCUT2D eigenvalue weighted by Gasteiger charge is 2.34. The highest BCUT2D eigenvalue weighted by molar-refractivity contribution is 4.88. The maximum atomic E-state index is 5.53. The highest BCUT2D eigenvalue weighted by atomic mass is 16.5. The quantitative estimate of drug-likeness (QED) is 0.733. The number of hydrogen-bond donors (Lipinski definition) is 1. The first-order valence-electron chi connectivity index (χ1n) is 7.21. The summed E-state index contributed by atoms with van der Waals surface area (Å²) in [6, 6.07) is 0. The molecule has 2 fully saturated rings. The van der Waals surface area contributed by atoms with E-state index in [4.69, 9.17) is 4.74 Å². The SMILES string of the molecule is CCNCC1(CN(C)CC2CC2)CCOCC1. The highest BCUT2D eigenvalue weighted by Crippen LogP contribution is 2.33. The van der Waals surface area contributed by atoms with Crippen LogP contribution in [-0.4, -0.2) is 51.3 Å². The summed E-state index contributed by atoms with van der Waals surface area (Å²) < 4.78 is 5.53. The maximum absolute atomic E-state index is 5.53. The van der Waals surface area contributed by atoms with Gasteiger partial charge in [0, 0.05) is 32.8 Å². The van der Waals surface area contributed by atoms with Gasteiger partial charge in [0.15, 0.2) is 0 Å². The summed E-state index contributed by atoms with van der Waals surface area (Å²) in [6.45, 7) is 8.86. The van der Waals surface area contributed by atoms with Crippen molar-refractivity contribution < 1.29 is 4.74 Å². The second-order valence-electron chi connectivity index (χ2n) is 6.03. The molecule has 2 rings (SSSR count). The molecule has 0 aromatic rings. The Morgan fingerprint density at radius 1 is 1.29 bits per heavy atom. The Balaban J connectivity index is 1.83. The van der Waals surface area contributed by atoms with Gasteiger partial charge in [-0.25, -0.2) is 0 Å². The lowest BCUT2D eigenvalue weighted by Crippen LogP contribution is -2.46. The molecule has 1 saturated carbocycles. The minimum Gasteiger partial charge on any atom is -0.381 e. The van der Waals surface area contributed by atoms with Crippen LogP contribution in [0.4, 0.5) is 0 Å². The molecule has 0 spiro atoms. The largest absolute Gasteiger partial charge is 0.381 e. The van der Waals surface area contributed by atoms with E-state index in [-0.39, 0.29) is 0 Å². The monoisotopic (exact) mass is 240 g/mol. The van der Waals surface area contributed by atoms with Crippen molar-refractivity contribution in [1.82, 2.24) is 10.2 Å². The van der Waals surface area contributed by atoms with E-state index in [0.29, 0.717) is 5.41 Å². The Morgan fingerprint density at radius 2 is 2.00 bits per heavy atom. The normalized spacial score (nSPS) is 24.2. The van der Waals surface area contributed by atoms with Gasteiger partial charge in [0.1, 0.15) is 0 Å². The molecular formula is C14H28N2O. The van der Waals surface area contributed by atoms with Crippen LogP contribution in [-0.2, 0) is 4.74 Å².